The number of likely N-dealkylation sites (tertiary alicyclic amines) is 1. The Morgan fingerprint density at radius 2 is 1.40 bits per heavy atom. The minimum Gasteiger partial charge on any atom is -0.306 e. The highest BCUT2D eigenvalue weighted by molar-refractivity contribution is 8.93. The molecular formula is C11H14BrNO2. The van der Waals surface area contributed by atoms with Crippen molar-refractivity contribution in [1.82, 2.24) is 4.90 Å². The number of ketones is 2. The third kappa shape index (κ3) is 2.63. The molecule has 0 aromatic rings. The molecule has 15 heavy (non-hydrogen) atoms. The van der Waals surface area contributed by atoms with Gasteiger partial charge in [-0.05, 0) is 43.2 Å². The van der Waals surface area contributed by atoms with Crippen molar-refractivity contribution in [3.05, 3.63) is 23.3 Å². The van der Waals surface area contributed by atoms with Gasteiger partial charge < -0.3 is 4.90 Å². The molecule has 1 aliphatic carbocycles. The highest BCUT2D eigenvalue weighted by Crippen LogP contribution is 2.24. The number of allylic oxidation sites excluding steroid dienone is 2. The third-order valence-electron chi connectivity index (χ3n) is 2.79. The number of fused-ring (bicyclic) bond motifs is 1. The summed E-state index contributed by atoms with van der Waals surface area (Å²) in [6, 6.07) is 0. The smallest absolute Gasteiger partial charge is 0.225 e. The van der Waals surface area contributed by atoms with Gasteiger partial charge in [-0.3, -0.25) is 9.59 Å². The molecule has 1 fully saturated rings. The predicted octanol–water partition coefficient (Wildman–Crippen LogP) is 1.29. The molecule has 3 nitrogen and oxygen atoms in total. The van der Waals surface area contributed by atoms with Crippen LogP contribution >= 0.6 is 17.0 Å². The number of hydrogen-bond donors (Lipinski definition) is 0. The van der Waals surface area contributed by atoms with Gasteiger partial charge in [0, 0.05) is 13.1 Å². The first-order valence-electron chi connectivity index (χ1n) is 4.85. The zero-order chi connectivity index (χ0) is 10.1. The van der Waals surface area contributed by atoms with Crippen LogP contribution < -0.4 is 0 Å². The maximum Gasteiger partial charge on any atom is 0.225 e. The van der Waals surface area contributed by atoms with Crippen LogP contribution in [0.5, 0.6) is 0 Å². The number of halogens is 1. The number of carbonyl (C=O) groups is 2. The standard InChI is InChI=1S/C11H13NO2.BrH/c1-12-4-2-8-6-10(13)11(14)7-9(8)3-5-12;/h6-7H,2-5H2,1H3;1H. The molecule has 0 saturated carbocycles. The SMILES string of the molecule is Br.CN1CCC2=CC(=O)C(=O)C=C2CC1. The summed E-state index contributed by atoms with van der Waals surface area (Å²) in [6.07, 6.45) is 4.77. The quantitative estimate of drug-likeness (QED) is 0.492. The molecule has 0 bridgehead atoms. The average Bonchev–Trinajstić information content (AvgIpc) is 2.31. The van der Waals surface area contributed by atoms with Gasteiger partial charge in [0.25, 0.3) is 0 Å². The molecule has 0 amide bonds. The Kier molecular flexibility index (Phi) is 3.99. The second-order valence-electron chi connectivity index (χ2n) is 3.87. The predicted molar refractivity (Wildman–Crippen MR) is 63.2 cm³/mol. The van der Waals surface area contributed by atoms with Gasteiger partial charge in [-0.25, -0.2) is 0 Å². The molecule has 0 spiro atoms. The van der Waals surface area contributed by atoms with E-state index in [0.717, 1.165) is 37.1 Å². The molecule has 0 N–H and O–H groups in total. The Morgan fingerprint density at radius 3 is 1.80 bits per heavy atom. The minimum absolute atomic E-state index is 0. The van der Waals surface area contributed by atoms with E-state index in [-0.39, 0.29) is 28.5 Å². The van der Waals surface area contributed by atoms with E-state index in [1.54, 1.807) is 0 Å². The summed E-state index contributed by atoms with van der Waals surface area (Å²) in [5.74, 6) is -0.735. The molecule has 0 aromatic heterocycles. The molecule has 2 rings (SSSR count). The summed E-state index contributed by atoms with van der Waals surface area (Å²) < 4.78 is 0. The summed E-state index contributed by atoms with van der Waals surface area (Å²) in [4.78, 5) is 24.5. The van der Waals surface area contributed by atoms with E-state index in [2.05, 4.69) is 11.9 Å². The molecule has 4 heteroatoms. The second kappa shape index (κ2) is 4.86. The van der Waals surface area contributed by atoms with Crippen LogP contribution in [0.2, 0.25) is 0 Å². The Hall–Kier alpha value is -0.740. The molecular weight excluding hydrogens is 258 g/mol. The van der Waals surface area contributed by atoms with Gasteiger partial charge in [-0.1, -0.05) is 0 Å². The van der Waals surface area contributed by atoms with Gasteiger partial charge in [0.1, 0.15) is 0 Å². The molecule has 1 aliphatic heterocycles. The van der Waals surface area contributed by atoms with Crippen LogP contribution in [-0.2, 0) is 9.59 Å². The van der Waals surface area contributed by atoms with Crippen molar-refractivity contribution < 1.29 is 9.59 Å². The van der Waals surface area contributed by atoms with Gasteiger partial charge in [0.05, 0.1) is 0 Å². The Labute approximate surface area is 99.6 Å². The third-order valence-corrected chi connectivity index (χ3v) is 2.79. The molecule has 2 aliphatic rings. The Bertz CT molecular complexity index is 324. The highest BCUT2D eigenvalue weighted by Gasteiger charge is 2.22. The van der Waals surface area contributed by atoms with Crippen molar-refractivity contribution in [2.45, 2.75) is 12.8 Å². The van der Waals surface area contributed by atoms with Crippen molar-refractivity contribution >= 4 is 28.5 Å². The van der Waals surface area contributed by atoms with E-state index < -0.39 is 0 Å². The van der Waals surface area contributed by atoms with Gasteiger partial charge in [0.15, 0.2) is 0 Å². The zero-order valence-corrected chi connectivity index (χ0v) is 10.4. The van der Waals surface area contributed by atoms with E-state index in [9.17, 15) is 9.59 Å². The van der Waals surface area contributed by atoms with Crippen molar-refractivity contribution in [1.29, 1.82) is 0 Å². The lowest BCUT2D eigenvalue weighted by Gasteiger charge is -2.10. The Morgan fingerprint density at radius 1 is 1.00 bits per heavy atom. The fourth-order valence-electron chi connectivity index (χ4n) is 1.84. The molecule has 1 saturated heterocycles. The zero-order valence-electron chi connectivity index (χ0n) is 8.66. The van der Waals surface area contributed by atoms with Crippen LogP contribution in [0, 0.1) is 0 Å². The van der Waals surface area contributed by atoms with Crippen molar-refractivity contribution in [2.75, 3.05) is 20.1 Å². The summed E-state index contributed by atoms with van der Waals surface area (Å²) in [5, 5.41) is 0. The molecule has 0 atom stereocenters. The van der Waals surface area contributed by atoms with Crippen LogP contribution in [-0.4, -0.2) is 36.6 Å². The van der Waals surface area contributed by atoms with Crippen LogP contribution in [0.25, 0.3) is 0 Å². The first kappa shape index (κ1) is 12.3. The van der Waals surface area contributed by atoms with Crippen molar-refractivity contribution in [3.8, 4) is 0 Å². The Balaban J connectivity index is 0.00000112. The largest absolute Gasteiger partial charge is 0.306 e. The van der Waals surface area contributed by atoms with Crippen LogP contribution in [0.3, 0.4) is 0 Å². The first-order chi connectivity index (χ1) is 6.66. The normalized spacial score (nSPS) is 22.2. The fraction of sp³-hybridized carbons (Fsp3) is 0.455. The fourth-order valence-corrected chi connectivity index (χ4v) is 1.84. The lowest BCUT2D eigenvalue weighted by Crippen LogP contribution is -2.18. The summed E-state index contributed by atoms with van der Waals surface area (Å²) in [7, 11) is 2.06. The van der Waals surface area contributed by atoms with Crippen LogP contribution in [0.15, 0.2) is 23.3 Å². The summed E-state index contributed by atoms with van der Waals surface area (Å²) in [5.41, 5.74) is 2.11. The van der Waals surface area contributed by atoms with Crippen LogP contribution in [0.1, 0.15) is 12.8 Å². The first-order valence-corrected chi connectivity index (χ1v) is 4.85. The van der Waals surface area contributed by atoms with E-state index >= 15 is 0 Å². The van der Waals surface area contributed by atoms with Crippen LogP contribution in [0.4, 0.5) is 0 Å². The molecule has 0 unspecified atom stereocenters. The molecule has 1 heterocycles. The van der Waals surface area contributed by atoms with Gasteiger partial charge >= 0.3 is 0 Å². The number of rotatable bonds is 0. The van der Waals surface area contributed by atoms with Gasteiger partial charge in [-0.2, -0.15) is 0 Å². The van der Waals surface area contributed by atoms with E-state index in [0.29, 0.717) is 0 Å². The highest BCUT2D eigenvalue weighted by atomic mass is 79.9. The monoisotopic (exact) mass is 271 g/mol. The number of carbonyl (C=O) groups excluding carboxylic acids is 2. The summed E-state index contributed by atoms with van der Waals surface area (Å²) in [6.45, 7) is 1.93. The second-order valence-corrected chi connectivity index (χ2v) is 3.87. The number of nitrogens with zero attached hydrogens (tertiary/aromatic N) is 1. The lowest BCUT2D eigenvalue weighted by molar-refractivity contribution is -0.131. The maximum atomic E-state index is 11.2. The van der Waals surface area contributed by atoms with Gasteiger partial charge in [0.2, 0.25) is 11.6 Å². The van der Waals surface area contributed by atoms with E-state index in [1.165, 1.54) is 12.2 Å². The van der Waals surface area contributed by atoms with Crippen molar-refractivity contribution in [3.63, 3.8) is 0 Å². The molecule has 0 radical (unpaired) electrons. The maximum absolute atomic E-state index is 11.2. The van der Waals surface area contributed by atoms with Crippen molar-refractivity contribution in [2.24, 2.45) is 0 Å². The lowest BCUT2D eigenvalue weighted by atomic mass is 9.93. The van der Waals surface area contributed by atoms with Gasteiger partial charge in [-0.15, -0.1) is 17.0 Å². The average molecular weight is 272 g/mol. The van der Waals surface area contributed by atoms with E-state index in [1.807, 2.05) is 0 Å². The summed E-state index contributed by atoms with van der Waals surface area (Å²) >= 11 is 0. The molecule has 82 valence electrons. The minimum atomic E-state index is -0.367. The number of hydrogen-bond acceptors (Lipinski definition) is 3. The topological polar surface area (TPSA) is 37.4 Å². The van der Waals surface area contributed by atoms with E-state index in [4.69, 9.17) is 0 Å². The molecule has 0 aromatic carbocycles.